The normalized spacial score (nSPS) is 10.9. The summed E-state index contributed by atoms with van der Waals surface area (Å²) in [6.45, 7) is 1.87. The molecule has 1 N–H and O–H groups in total. The first kappa shape index (κ1) is 16.1. The van der Waals surface area contributed by atoms with Crippen molar-refractivity contribution in [1.82, 2.24) is 13.5 Å². The van der Waals surface area contributed by atoms with Gasteiger partial charge in [0.2, 0.25) is 5.91 Å². The standard InChI is InChI=1S/C16H16N4O3S/c1-3-10-4-6-11(7-5-10)17-13(21)8-20-12-9-24-18-14(12)15(22)19(2)16(20)23/h4-7,9H,3,8H2,1-2H3,(H,17,21). The van der Waals surface area contributed by atoms with E-state index in [9.17, 15) is 14.4 Å². The molecule has 1 aromatic carbocycles. The van der Waals surface area contributed by atoms with Crippen LogP contribution in [-0.4, -0.2) is 19.4 Å². The molecule has 1 amide bonds. The van der Waals surface area contributed by atoms with Crippen LogP contribution in [-0.2, 0) is 24.8 Å². The summed E-state index contributed by atoms with van der Waals surface area (Å²) in [5.74, 6) is -0.340. The van der Waals surface area contributed by atoms with Crippen LogP contribution in [0.15, 0.2) is 39.2 Å². The molecule has 24 heavy (non-hydrogen) atoms. The summed E-state index contributed by atoms with van der Waals surface area (Å²) in [6.07, 6.45) is 0.921. The van der Waals surface area contributed by atoms with E-state index in [-0.39, 0.29) is 18.0 Å². The Morgan fingerprint density at radius 1 is 1.25 bits per heavy atom. The number of carbonyl (C=O) groups is 1. The van der Waals surface area contributed by atoms with Crippen LogP contribution in [0.2, 0.25) is 0 Å². The van der Waals surface area contributed by atoms with Gasteiger partial charge in [0.1, 0.15) is 6.54 Å². The fourth-order valence-electron chi connectivity index (χ4n) is 2.42. The monoisotopic (exact) mass is 344 g/mol. The van der Waals surface area contributed by atoms with Gasteiger partial charge in [-0.3, -0.25) is 18.7 Å². The first-order valence-electron chi connectivity index (χ1n) is 7.44. The first-order chi connectivity index (χ1) is 11.5. The maximum absolute atomic E-state index is 12.3. The average molecular weight is 344 g/mol. The number of carbonyl (C=O) groups excluding carboxylic acids is 1. The van der Waals surface area contributed by atoms with Gasteiger partial charge < -0.3 is 5.32 Å². The molecule has 0 saturated heterocycles. The van der Waals surface area contributed by atoms with Gasteiger partial charge in [-0.15, -0.1) is 0 Å². The SMILES string of the molecule is CCc1ccc(NC(=O)Cn2c(=O)n(C)c(=O)c3nscc32)cc1. The maximum Gasteiger partial charge on any atom is 0.331 e. The Morgan fingerprint density at radius 3 is 2.62 bits per heavy atom. The topological polar surface area (TPSA) is 86.0 Å². The molecule has 0 fully saturated rings. The van der Waals surface area contributed by atoms with E-state index in [0.717, 1.165) is 22.5 Å². The molecule has 2 aromatic heterocycles. The minimum Gasteiger partial charge on any atom is -0.325 e. The van der Waals surface area contributed by atoms with Crippen molar-refractivity contribution in [2.24, 2.45) is 7.05 Å². The number of fused-ring (bicyclic) bond motifs is 1. The van der Waals surface area contributed by atoms with E-state index in [1.807, 2.05) is 24.3 Å². The lowest BCUT2D eigenvalue weighted by Crippen LogP contribution is -2.40. The van der Waals surface area contributed by atoms with Crippen LogP contribution in [0.3, 0.4) is 0 Å². The number of benzene rings is 1. The van der Waals surface area contributed by atoms with E-state index >= 15 is 0 Å². The van der Waals surface area contributed by atoms with Gasteiger partial charge >= 0.3 is 5.69 Å². The molecule has 8 heteroatoms. The smallest absolute Gasteiger partial charge is 0.325 e. The zero-order chi connectivity index (χ0) is 17.3. The molecule has 124 valence electrons. The fraction of sp³-hybridized carbons (Fsp3) is 0.250. The average Bonchev–Trinajstić information content (AvgIpc) is 3.07. The van der Waals surface area contributed by atoms with Gasteiger partial charge in [0.15, 0.2) is 5.52 Å². The molecule has 3 rings (SSSR count). The molecular weight excluding hydrogens is 328 g/mol. The van der Waals surface area contributed by atoms with Gasteiger partial charge in [-0.2, -0.15) is 4.37 Å². The number of anilines is 1. The number of amides is 1. The van der Waals surface area contributed by atoms with Crippen LogP contribution in [0.25, 0.3) is 11.0 Å². The maximum atomic E-state index is 12.3. The van der Waals surface area contributed by atoms with Crippen LogP contribution < -0.4 is 16.6 Å². The second kappa shape index (κ2) is 6.40. The van der Waals surface area contributed by atoms with Crippen LogP contribution in [0.1, 0.15) is 12.5 Å². The molecule has 0 atom stereocenters. The molecule has 0 bridgehead atoms. The molecule has 0 spiro atoms. The third-order valence-corrected chi connectivity index (χ3v) is 4.43. The molecular formula is C16H16N4O3S. The van der Waals surface area contributed by atoms with Crippen LogP contribution >= 0.6 is 11.5 Å². The summed E-state index contributed by atoms with van der Waals surface area (Å²) in [4.78, 5) is 36.6. The summed E-state index contributed by atoms with van der Waals surface area (Å²) in [5, 5.41) is 4.36. The van der Waals surface area contributed by atoms with Crippen molar-refractivity contribution >= 4 is 34.2 Å². The van der Waals surface area contributed by atoms with Crippen molar-refractivity contribution in [3.8, 4) is 0 Å². The zero-order valence-corrected chi connectivity index (χ0v) is 14.1. The molecule has 0 aliphatic rings. The van der Waals surface area contributed by atoms with Gasteiger partial charge in [0.25, 0.3) is 5.56 Å². The van der Waals surface area contributed by atoms with E-state index in [4.69, 9.17) is 0 Å². The Hall–Kier alpha value is -2.74. The van der Waals surface area contributed by atoms with Crippen molar-refractivity contribution in [3.05, 3.63) is 56.0 Å². The highest BCUT2D eigenvalue weighted by atomic mass is 32.1. The largest absolute Gasteiger partial charge is 0.331 e. The third-order valence-electron chi connectivity index (χ3n) is 3.81. The number of nitrogens with one attached hydrogen (secondary N) is 1. The third kappa shape index (κ3) is 2.88. The number of hydrogen-bond donors (Lipinski definition) is 1. The lowest BCUT2D eigenvalue weighted by atomic mass is 10.1. The second-order valence-electron chi connectivity index (χ2n) is 5.38. The zero-order valence-electron chi connectivity index (χ0n) is 13.3. The van der Waals surface area contributed by atoms with E-state index in [0.29, 0.717) is 11.2 Å². The number of rotatable bonds is 4. The minimum atomic E-state index is -0.538. The molecule has 0 aliphatic heterocycles. The van der Waals surface area contributed by atoms with E-state index in [1.54, 1.807) is 5.38 Å². The van der Waals surface area contributed by atoms with E-state index in [1.165, 1.54) is 17.2 Å². The first-order valence-corrected chi connectivity index (χ1v) is 8.27. The van der Waals surface area contributed by atoms with Crippen molar-refractivity contribution in [1.29, 1.82) is 0 Å². The lowest BCUT2D eigenvalue weighted by molar-refractivity contribution is -0.116. The molecule has 0 radical (unpaired) electrons. The molecule has 7 nitrogen and oxygen atoms in total. The van der Waals surface area contributed by atoms with Gasteiger partial charge in [-0.1, -0.05) is 19.1 Å². The Kier molecular flexibility index (Phi) is 4.30. The summed E-state index contributed by atoms with van der Waals surface area (Å²) >= 11 is 1.08. The highest BCUT2D eigenvalue weighted by Crippen LogP contribution is 2.12. The molecule has 0 unspecified atom stereocenters. The molecule has 2 heterocycles. The van der Waals surface area contributed by atoms with Crippen LogP contribution in [0.5, 0.6) is 0 Å². The second-order valence-corrected chi connectivity index (χ2v) is 6.01. The summed E-state index contributed by atoms with van der Waals surface area (Å²) in [6, 6.07) is 7.52. The quantitative estimate of drug-likeness (QED) is 0.774. The number of nitrogens with zero attached hydrogens (tertiary/aromatic N) is 3. The van der Waals surface area contributed by atoms with Gasteiger partial charge in [-0.25, -0.2) is 4.79 Å². The molecule has 3 aromatic rings. The Bertz CT molecular complexity index is 1010. The van der Waals surface area contributed by atoms with Gasteiger partial charge in [0, 0.05) is 18.1 Å². The Balaban J connectivity index is 1.89. The van der Waals surface area contributed by atoms with Crippen LogP contribution in [0.4, 0.5) is 5.69 Å². The van der Waals surface area contributed by atoms with Crippen molar-refractivity contribution in [2.45, 2.75) is 19.9 Å². The molecule has 0 saturated carbocycles. The van der Waals surface area contributed by atoms with Gasteiger partial charge in [0.05, 0.1) is 5.52 Å². The van der Waals surface area contributed by atoms with E-state index in [2.05, 4.69) is 16.6 Å². The summed E-state index contributed by atoms with van der Waals surface area (Å²) in [5.41, 5.74) is 1.42. The Morgan fingerprint density at radius 2 is 1.96 bits per heavy atom. The fourth-order valence-corrected chi connectivity index (χ4v) is 3.09. The summed E-state index contributed by atoms with van der Waals surface area (Å²) in [7, 11) is 1.38. The van der Waals surface area contributed by atoms with Gasteiger partial charge in [-0.05, 0) is 35.6 Å². The predicted octanol–water partition coefficient (Wildman–Crippen LogP) is 1.36. The van der Waals surface area contributed by atoms with Crippen molar-refractivity contribution < 1.29 is 4.79 Å². The highest BCUT2D eigenvalue weighted by molar-refractivity contribution is 7.04. The van der Waals surface area contributed by atoms with Crippen molar-refractivity contribution in [3.63, 3.8) is 0 Å². The molecule has 0 aliphatic carbocycles. The number of hydrogen-bond acceptors (Lipinski definition) is 5. The van der Waals surface area contributed by atoms with Crippen molar-refractivity contribution in [2.75, 3.05) is 5.32 Å². The van der Waals surface area contributed by atoms with Crippen LogP contribution in [0, 0.1) is 0 Å². The summed E-state index contributed by atoms with van der Waals surface area (Å²) < 4.78 is 6.23. The van der Waals surface area contributed by atoms with E-state index < -0.39 is 11.2 Å². The highest BCUT2D eigenvalue weighted by Gasteiger charge is 2.15. The number of aryl methyl sites for hydroxylation is 1. The number of aromatic nitrogens is 3. The predicted molar refractivity (Wildman–Crippen MR) is 93.6 cm³/mol. The lowest BCUT2D eigenvalue weighted by Gasteiger charge is -2.10. The minimum absolute atomic E-state index is 0.183. The Labute approximate surface area is 141 Å².